The fourth-order valence-corrected chi connectivity index (χ4v) is 2.40. The number of anilines is 1. The summed E-state index contributed by atoms with van der Waals surface area (Å²) in [6, 6.07) is 11.9. The lowest BCUT2D eigenvalue weighted by molar-refractivity contribution is -0.120. The van der Waals surface area contributed by atoms with Crippen molar-refractivity contribution in [3.63, 3.8) is 0 Å². The minimum atomic E-state index is -0.279. The van der Waals surface area contributed by atoms with Crippen LogP contribution in [0, 0.1) is 0 Å². The zero-order valence-corrected chi connectivity index (χ0v) is 14.9. The third-order valence-electron chi connectivity index (χ3n) is 3.21. The number of hydrogen-bond donors (Lipinski definition) is 2. The van der Waals surface area contributed by atoms with Crippen molar-refractivity contribution < 1.29 is 9.59 Å². The van der Waals surface area contributed by atoms with Gasteiger partial charge in [-0.15, -0.1) is 0 Å². The average molecular weight is 365 g/mol. The average Bonchev–Trinajstić information content (AvgIpc) is 2.51. The van der Waals surface area contributed by atoms with Crippen LogP contribution in [0.4, 0.5) is 5.69 Å². The lowest BCUT2D eigenvalue weighted by Crippen LogP contribution is -2.31. The molecule has 0 saturated heterocycles. The van der Waals surface area contributed by atoms with E-state index in [1.807, 2.05) is 26.0 Å². The number of carbonyl (C=O) groups excluding carboxylic acids is 2. The number of benzene rings is 2. The highest BCUT2D eigenvalue weighted by atomic mass is 35.5. The molecule has 0 radical (unpaired) electrons. The number of carbonyl (C=O) groups is 2. The molecule has 0 fully saturated rings. The molecular weight excluding hydrogens is 347 g/mol. The molecule has 2 N–H and O–H groups in total. The van der Waals surface area contributed by atoms with E-state index in [-0.39, 0.29) is 17.9 Å². The Kier molecular flexibility index (Phi) is 6.23. The molecule has 0 atom stereocenters. The van der Waals surface area contributed by atoms with Gasteiger partial charge in [0.2, 0.25) is 5.91 Å². The van der Waals surface area contributed by atoms with Crippen molar-refractivity contribution in [1.82, 2.24) is 5.32 Å². The topological polar surface area (TPSA) is 58.2 Å². The Labute approximate surface area is 151 Å². The monoisotopic (exact) mass is 364 g/mol. The molecule has 0 spiro atoms. The third kappa shape index (κ3) is 5.25. The predicted octanol–water partition coefficient (Wildman–Crippen LogP) is 4.31. The molecule has 0 aliphatic rings. The molecule has 0 aliphatic heterocycles. The van der Waals surface area contributed by atoms with Crippen LogP contribution in [0.1, 0.15) is 29.8 Å². The summed E-state index contributed by atoms with van der Waals surface area (Å²) in [5, 5.41) is 6.34. The Bertz CT molecular complexity index is 743. The lowest BCUT2D eigenvalue weighted by Gasteiger charge is -2.09. The summed E-state index contributed by atoms with van der Waals surface area (Å²) in [5.74, 6) is -0.309. The first-order valence-electron chi connectivity index (χ1n) is 7.50. The van der Waals surface area contributed by atoms with Gasteiger partial charge in [0.05, 0.1) is 16.5 Å². The van der Waals surface area contributed by atoms with E-state index in [0.29, 0.717) is 27.7 Å². The van der Waals surface area contributed by atoms with Crippen LogP contribution in [0.15, 0.2) is 42.5 Å². The summed E-state index contributed by atoms with van der Waals surface area (Å²) >= 11 is 11.8. The molecule has 4 nitrogen and oxygen atoms in total. The molecule has 0 heterocycles. The third-order valence-corrected chi connectivity index (χ3v) is 3.95. The maximum Gasteiger partial charge on any atom is 0.255 e. The fraction of sp³-hybridized carbons (Fsp3) is 0.222. The van der Waals surface area contributed by atoms with E-state index < -0.39 is 0 Å². The van der Waals surface area contributed by atoms with Gasteiger partial charge in [0, 0.05) is 17.3 Å². The standard InChI is InChI=1S/C18H18Cl2N2O2/c1-11(2)21-17(23)9-12-3-6-14(7-4-12)22-18(24)13-5-8-15(19)16(20)10-13/h3-8,10-11H,9H2,1-2H3,(H,21,23)(H,22,24). The second-order valence-electron chi connectivity index (χ2n) is 5.68. The van der Waals surface area contributed by atoms with Crippen LogP contribution in [0.5, 0.6) is 0 Å². The SMILES string of the molecule is CC(C)NC(=O)Cc1ccc(NC(=O)c2ccc(Cl)c(Cl)c2)cc1. The zero-order valence-electron chi connectivity index (χ0n) is 13.4. The van der Waals surface area contributed by atoms with Crippen molar-refractivity contribution in [3.05, 3.63) is 63.6 Å². The molecular formula is C18H18Cl2N2O2. The Balaban J connectivity index is 1.99. The van der Waals surface area contributed by atoms with Crippen LogP contribution in [0.25, 0.3) is 0 Å². The summed E-state index contributed by atoms with van der Waals surface area (Å²) in [6.45, 7) is 3.83. The first-order chi connectivity index (χ1) is 11.3. The summed E-state index contributed by atoms with van der Waals surface area (Å²) < 4.78 is 0. The molecule has 126 valence electrons. The van der Waals surface area contributed by atoms with Gasteiger partial charge in [-0.3, -0.25) is 9.59 Å². The normalized spacial score (nSPS) is 10.5. The molecule has 0 unspecified atom stereocenters. The van der Waals surface area contributed by atoms with Crippen LogP contribution in [0.2, 0.25) is 10.0 Å². The predicted molar refractivity (Wildman–Crippen MR) is 97.8 cm³/mol. The van der Waals surface area contributed by atoms with Crippen molar-refractivity contribution in [1.29, 1.82) is 0 Å². The number of amides is 2. The maximum atomic E-state index is 12.2. The largest absolute Gasteiger partial charge is 0.354 e. The molecule has 0 saturated carbocycles. The van der Waals surface area contributed by atoms with Gasteiger partial charge in [0.15, 0.2) is 0 Å². The van der Waals surface area contributed by atoms with Gasteiger partial charge in [0.1, 0.15) is 0 Å². The molecule has 0 aliphatic carbocycles. The highest BCUT2D eigenvalue weighted by molar-refractivity contribution is 6.42. The number of nitrogens with one attached hydrogen (secondary N) is 2. The van der Waals surface area contributed by atoms with Crippen molar-refractivity contribution in [2.75, 3.05) is 5.32 Å². The second-order valence-corrected chi connectivity index (χ2v) is 6.49. The highest BCUT2D eigenvalue weighted by Crippen LogP contribution is 2.23. The smallest absolute Gasteiger partial charge is 0.255 e. The van der Waals surface area contributed by atoms with Gasteiger partial charge in [-0.25, -0.2) is 0 Å². The molecule has 2 rings (SSSR count). The highest BCUT2D eigenvalue weighted by Gasteiger charge is 2.09. The molecule has 6 heteroatoms. The van der Waals surface area contributed by atoms with E-state index in [1.54, 1.807) is 24.3 Å². The van der Waals surface area contributed by atoms with Crippen molar-refractivity contribution in [3.8, 4) is 0 Å². The van der Waals surface area contributed by atoms with Gasteiger partial charge >= 0.3 is 0 Å². The number of hydrogen-bond acceptors (Lipinski definition) is 2. The lowest BCUT2D eigenvalue weighted by atomic mass is 10.1. The minimum absolute atomic E-state index is 0.0300. The van der Waals surface area contributed by atoms with E-state index in [1.165, 1.54) is 6.07 Å². The van der Waals surface area contributed by atoms with Crippen molar-refractivity contribution in [2.24, 2.45) is 0 Å². The van der Waals surface area contributed by atoms with E-state index in [9.17, 15) is 9.59 Å². The van der Waals surface area contributed by atoms with Crippen molar-refractivity contribution >= 4 is 40.7 Å². The van der Waals surface area contributed by atoms with Crippen molar-refractivity contribution in [2.45, 2.75) is 26.3 Å². The minimum Gasteiger partial charge on any atom is -0.354 e. The molecule has 0 bridgehead atoms. The summed E-state index contributed by atoms with van der Waals surface area (Å²) in [5.41, 5.74) is 1.93. The molecule has 2 aromatic carbocycles. The maximum absolute atomic E-state index is 12.2. The summed E-state index contributed by atoms with van der Waals surface area (Å²) in [6.07, 6.45) is 0.305. The first-order valence-corrected chi connectivity index (χ1v) is 8.25. The fourth-order valence-electron chi connectivity index (χ4n) is 2.10. The number of rotatable bonds is 5. The second kappa shape index (κ2) is 8.18. The molecule has 0 aromatic heterocycles. The van der Waals surface area contributed by atoms with E-state index >= 15 is 0 Å². The zero-order chi connectivity index (χ0) is 17.7. The van der Waals surface area contributed by atoms with Gasteiger partial charge in [0.25, 0.3) is 5.91 Å². The Hall–Kier alpha value is -2.04. The van der Waals surface area contributed by atoms with Gasteiger partial charge in [-0.05, 0) is 49.7 Å². The Morgan fingerprint density at radius 2 is 1.67 bits per heavy atom. The quantitative estimate of drug-likeness (QED) is 0.830. The molecule has 2 aromatic rings. The summed E-state index contributed by atoms with van der Waals surface area (Å²) in [7, 11) is 0. The molecule has 2 amide bonds. The van der Waals surface area contributed by atoms with E-state index in [0.717, 1.165) is 5.56 Å². The first kappa shape index (κ1) is 18.3. The van der Waals surface area contributed by atoms with Crippen LogP contribution in [-0.2, 0) is 11.2 Å². The van der Waals surface area contributed by atoms with Gasteiger partial charge < -0.3 is 10.6 Å². The van der Waals surface area contributed by atoms with Crippen LogP contribution in [0.3, 0.4) is 0 Å². The Morgan fingerprint density at radius 3 is 2.25 bits per heavy atom. The van der Waals surface area contributed by atoms with Gasteiger partial charge in [-0.2, -0.15) is 0 Å². The van der Waals surface area contributed by atoms with E-state index in [4.69, 9.17) is 23.2 Å². The van der Waals surface area contributed by atoms with Gasteiger partial charge in [-0.1, -0.05) is 35.3 Å². The Morgan fingerprint density at radius 1 is 1.00 bits per heavy atom. The van der Waals surface area contributed by atoms with Crippen LogP contribution in [-0.4, -0.2) is 17.9 Å². The summed E-state index contributed by atoms with van der Waals surface area (Å²) in [4.78, 5) is 23.9. The number of halogens is 2. The van der Waals surface area contributed by atoms with Crippen LogP contribution >= 0.6 is 23.2 Å². The molecule has 24 heavy (non-hydrogen) atoms. The van der Waals surface area contributed by atoms with Crippen LogP contribution < -0.4 is 10.6 Å². The van der Waals surface area contributed by atoms with E-state index in [2.05, 4.69) is 10.6 Å².